The lowest BCUT2D eigenvalue weighted by Gasteiger charge is -2.24. The number of likely N-dealkylation sites (tertiary alicyclic amines) is 1. The quantitative estimate of drug-likeness (QED) is 0.292. The summed E-state index contributed by atoms with van der Waals surface area (Å²) >= 11 is 4.03. The zero-order chi connectivity index (χ0) is 27.1. The summed E-state index contributed by atoms with van der Waals surface area (Å²) in [4.78, 5) is 10.2. The number of rotatable bonds is 5. The fourth-order valence-electron chi connectivity index (χ4n) is 7.11. The van der Waals surface area contributed by atoms with Gasteiger partial charge < -0.3 is 15.1 Å². The number of fused-ring (bicyclic) bond motifs is 4. The van der Waals surface area contributed by atoms with E-state index in [1.807, 2.05) is 22.7 Å². The highest BCUT2D eigenvalue weighted by atomic mass is 32.1. The van der Waals surface area contributed by atoms with Crippen LogP contribution in [-0.2, 0) is 10.8 Å². The average molecular weight is 559 g/mol. The largest absolute Gasteiger partial charge is 0.378 e. The Bertz CT molecular complexity index is 1530. The molecule has 2 aromatic carbocycles. The molecular weight excluding hydrogens is 517 g/mol. The molecule has 206 valence electrons. The molecule has 0 spiro atoms. The summed E-state index contributed by atoms with van der Waals surface area (Å²) in [6.07, 6.45) is 2.80. The van der Waals surface area contributed by atoms with Crippen LogP contribution in [0.1, 0.15) is 36.4 Å². The maximum Gasteiger partial charge on any atom is 0.0375 e. The number of hydrogen-bond donors (Lipinski definition) is 1. The van der Waals surface area contributed by atoms with Gasteiger partial charge >= 0.3 is 0 Å². The second kappa shape index (κ2) is 9.20. The van der Waals surface area contributed by atoms with E-state index in [9.17, 15) is 0 Å². The summed E-state index contributed by atoms with van der Waals surface area (Å²) in [5.74, 6) is 1.81. The van der Waals surface area contributed by atoms with Gasteiger partial charge in [0.05, 0.1) is 0 Å². The molecule has 4 heterocycles. The topological polar surface area (TPSA) is 21.8 Å². The van der Waals surface area contributed by atoms with Crippen LogP contribution in [0.5, 0.6) is 0 Å². The van der Waals surface area contributed by atoms with E-state index in [0.29, 0.717) is 16.9 Å². The van der Waals surface area contributed by atoms with Gasteiger partial charge in [0.1, 0.15) is 0 Å². The Labute approximate surface area is 241 Å². The van der Waals surface area contributed by atoms with Crippen LogP contribution in [0.3, 0.4) is 0 Å². The minimum Gasteiger partial charge on any atom is -0.378 e. The fourth-order valence-corrected chi connectivity index (χ4v) is 9.84. The highest BCUT2D eigenvalue weighted by molar-refractivity contribution is 7.19. The number of benzene rings is 2. The van der Waals surface area contributed by atoms with Crippen LogP contribution < -0.4 is 15.1 Å². The molecule has 0 amide bonds. The van der Waals surface area contributed by atoms with E-state index < -0.39 is 0 Å². The third-order valence-corrected chi connectivity index (χ3v) is 12.6. The molecule has 6 heteroatoms. The minimum atomic E-state index is 0.492. The first kappa shape index (κ1) is 25.8. The number of hydrogen-bond acceptors (Lipinski definition) is 6. The molecule has 2 saturated carbocycles. The van der Waals surface area contributed by atoms with Gasteiger partial charge in [0.25, 0.3) is 0 Å². The predicted octanol–water partition coefficient (Wildman–Crippen LogP) is 6.78. The lowest BCUT2D eigenvalue weighted by molar-refractivity contribution is 0.243. The maximum absolute atomic E-state index is 3.53. The summed E-state index contributed by atoms with van der Waals surface area (Å²) in [5.41, 5.74) is 3.59. The van der Waals surface area contributed by atoms with Gasteiger partial charge in [-0.3, -0.25) is 4.90 Å². The summed E-state index contributed by atoms with van der Waals surface area (Å²) in [7, 11) is 8.43. The molecule has 8 rings (SSSR count). The van der Waals surface area contributed by atoms with Crippen molar-refractivity contribution in [3.05, 3.63) is 58.3 Å². The van der Waals surface area contributed by atoms with Crippen LogP contribution in [0.4, 0.5) is 11.4 Å². The van der Waals surface area contributed by atoms with Crippen LogP contribution >= 0.6 is 22.7 Å². The van der Waals surface area contributed by atoms with Gasteiger partial charge in [0, 0.05) is 95.2 Å². The van der Waals surface area contributed by atoms with Crippen molar-refractivity contribution in [2.45, 2.75) is 43.6 Å². The van der Waals surface area contributed by atoms with Gasteiger partial charge in [-0.1, -0.05) is 12.1 Å². The van der Waals surface area contributed by atoms with E-state index in [2.05, 4.69) is 111 Å². The van der Waals surface area contributed by atoms with Gasteiger partial charge in [-0.15, -0.1) is 22.7 Å². The molecule has 4 nitrogen and oxygen atoms in total. The zero-order valence-corrected chi connectivity index (χ0v) is 25.9. The minimum absolute atomic E-state index is 0.492. The number of thiophene rings is 2. The van der Waals surface area contributed by atoms with Crippen LogP contribution in [0.2, 0.25) is 0 Å². The van der Waals surface area contributed by atoms with Gasteiger partial charge in [-0.2, -0.15) is 0 Å². The highest BCUT2D eigenvalue weighted by Gasteiger charge is 2.61. The molecule has 2 aliphatic heterocycles. The van der Waals surface area contributed by atoms with Crippen LogP contribution in [0.25, 0.3) is 20.2 Å². The molecule has 4 aliphatic rings. The molecule has 2 saturated heterocycles. The van der Waals surface area contributed by atoms with Gasteiger partial charge in [-0.05, 0) is 92.2 Å². The number of anilines is 2. The average Bonchev–Trinajstić information content (AvgIpc) is 3.43. The monoisotopic (exact) mass is 558 g/mol. The Morgan fingerprint density at radius 1 is 0.795 bits per heavy atom. The number of piperidine rings is 2. The Morgan fingerprint density at radius 2 is 1.36 bits per heavy atom. The molecule has 0 bridgehead atoms. The number of nitrogens with one attached hydrogen (secondary N) is 1. The van der Waals surface area contributed by atoms with E-state index in [0.717, 1.165) is 11.8 Å². The van der Waals surface area contributed by atoms with Crippen LogP contribution in [0.15, 0.2) is 48.5 Å². The highest BCUT2D eigenvalue weighted by Crippen LogP contribution is 2.61. The van der Waals surface area contributed by atoms with Crippen molar-refractivity contribution in [3.63, 3.8) is 0 Å². The third-order valence-electron chi connectivity index (χ3n) is 9.99. The second-order valence-electron chi connectivity index (χ2n) is 13.2. The molecule has 1 N–H and O–H groups in total. The van der Waals surface area contributed by atoms with Crippen molar-refractivity contribution in [2.24, 2.45) is 11.8 Å². The molecule has 4 atom stereocenters. The molecule has 4 aromatic rings. The molecule has 0 radical (unpaired) electrons. The molecule has 4 fully saturated rings. The molecule has 4 unspecified atom stereocenters. The van der Waals surface area contributed by atoms with E-state index in [-0.39, 0.29) is 0 Å². The molecule has 2 aliphatic carbocycles. The summed E-state index contributed by atoms with van der Waals surface area (Å²) < 4.78 is 2.88. The fraction of sp³-hybridized carbons (Fsp3) is 0.515. The van der Waals surface area contributed by atoms with Gasteiger partial charge in [-0.25, -0.2) is 0 Å². The normalized spacial score (nSPS) is 28.9. The van der Waals surface area contributed by atoms with Crippen molar-refractivity contribution in [2.75, 3.05) is 64.2 Å². The van der Waals surface area contributed by atoms with Crippen LogP contribution in [0, 0.1) is 11.8 Å². The summed E-state index contributed by atoms with van der Waals surface area (Å²) in [6.45, 7) is 9.62. The zero-order valence-electron chi connectivity index (χ0n) is 24.3. The first-order chi connectivity index (χ1) is 18.7. The predicted molar refractivity (Wildman–Crippen MR) is 171 cm³/mol. The molecule has 2 aromatic heterocycles. The third kappa shape index (κ3) is 4.30. The summed E-state index contributed by atoms with van der Waals surface area (Å²) in [6, 6.07) is 19.2. The van der Waals surface area contributed by atoms with Gasteiger partial charge in [0.15, 0.2) is 0 Å². The maximum atomic E-state index is 3.53. The van der Waals surface area contributed by atoms with Crippen molar-refractivity contribution in [3.8, 4) is 0 Å². The van der Waals surface area contributed by atoms with E-state index in [1.165, 1.54) is 70.6 Å². The first-order valence-electron chi connectivity index (χ1n) is 14.6. The molecular formula is C33H42N4S2. The van der Waals surface area contributed by atoms with Crippen molar-refractivity contribution < 1.29 is 0 Å². The smallest absolute Gasteiger partial charge is 0.0375 e. The SMILES string of the molecule is CC(C)N1CC2CC2(c2cc3ccc(N(C)C)cc3s2)C1.CN(C)c1ccc2cc(C34CNCC3C4)sc2c1. The first-order valence-corrected chi connectivity index (χ1v) is 16.2. The Morgan fingerprint density at radius 3 is 1.82 bits per heavy atom. The lowest BCUT2D eigenvalue weighted by atomic mass is 10.0. The number of nitrogens with zero attached hydrogens (tertiary/aromatic N) is 3. The van der Waals surface area contributed by atoms with E-state index in [4.69, 9.17) is 0 Å². The van der Waals surface area contributed by atoms with Crippen LogP contribution in [-0.4, -0.2) is 65.3 Å². The lowest BCUT2D eigenvalue weighted by Crippen LogP contribution is -2.32. The van der Waals surface area contributed by atoms with E-state index in [1.54, 1.807) is 9.75 Å². The standard InChI is InChI=1S/C18H24N2S.C15H18N2S/c1-12(2)20-10-14-9-18(14,11-20)17-7-13-5-6-15(19(3)4)8-16(13)21-17;1-17(2)12-4-3-10-5-14(18-13(10)6-12)15-7-11(15)8-16-9-15/h5-8,12,14H,9-11H2,1-4H3;3-6,11,16H,7-9H2,1-2H3. The Kier molecular flexibility index (Phi) is 6.09. The Balaban J connectivity index is 0.000000131. The summed E-state index contributed by atoms with van der Waals surface area (Å²) in [5, 5.41) is 6.36. The van der Waals surface area contributed by atoms with Crippen molar-refractivity contribution in [1.82, 2.24) is 10.2 Å². The molecule has 39 heavy (non-hydrogen) atoms. The second-order valence-corrected chi connectivity index (χ2v) is 15.4. The van der Waals surface area contributed by atoms with Crippen molar-refractivity contribution >= 4 is 54.2 Å². The van der Waals surface area contributed by atoms with Crippen molar-refractivity contribution in [1.29, 1.82) is 0 Å². The van der Waals surface area contributed by atoms with E-state index >= 15 is 0 Å². The Hall–Kier alpha value is -2.12. The van der Waals surface area contributed by atoms with Gasteiger partial charge in [0.2, 0.25) is 0 Å².